The molecule has 0 aliphatic carbocycles. The Hall–Kier alpha value is -3.64. The molecule has 0 bridgehead atoms. The number of imidazole rings is 1. The Labute approximate surface area is 197 Å². The fraction of sp³-hybridized carbons (Fsp3) is 0.192. The minimum absolute atomic E-state index is 0.127. The molecular formula is C26H25ClN4O2. The van der Waals surface area contributed by atoms with E-state index in [1.54, 1.807) is 24.3 Å². The number of rotatable bonds is 7. The molecule has 2 amide bonds. The molecule has 1 heterocycles. The highest BCUT2D eigenvalue weighted by molar-refractivity contribution is 6.30. The maximum Gasteiger partial charge on any atom is 0.251 e. The van der Waals surface area contributed by atoms with Crippen molar-refractivity contribution in [3.05, 3.63) is 94.3 Å². The highest BCUT2D eigenvalue weighted by Gasteiger charge is 2.15. The first kappa shape index (κ1) is 22.6. The predicted octanol–water partition coefficient (Wildman–Crippen LogP) is 4.92. The molecule has 0 spiro atoms. The first-order valence-electron chi connectivity index (χ1n) is 10.8. The van der Waals surface area contributed by atoms with Crippen LogP contribution in [-0.4, -0.2) is 27.9 Å². The topological polar surface area (TPSA) is 76.0 Å². The average molecular weight is 461 g/mol. The van der Waals surface area contributed by atoms with Crippen molar-refractivity contribution in [2.75, 3.05) is 11.9 Å². The molecule has 33 heavy (non-hydrogen) atoms. The Morgan fingerprint density at radius 3 is 2.52 bits per heavy atom. The number of hydrogen-bond acceptors (Lipinski definition) is 3. The number of anilines is 1. The van der Waals surface area contributed by atoms with Crippen LogP contribution in [0.15, 0.2) is 66.7 Å². The molecule has 0 saturated heterocycles. The number of carbonyl (C=O) groups is 2. The predicted molar refractivity (Wildman–Crippen MR) is 132 cm³/mol. The van der Waals surface area contributed by atoms with Crippen LogP contribution in [0.1, 0.15) is 27.3 Å². The molecule has 3 aromatic carbocycles. The molecule has 0 aliphatic rings. The van der Waals surface area contributed by atoms with Crippen LogP contribution in [0.5, 0.6) is 0 Å². The minimum atomic E-state index is -0.179. The standard InChI is InChI=1S/C26H25ClN4O2/c1-17-6-5-8-21(18(17)2)30-25(32)16-31-23-9-4-3-7-22(23)29-24(31)14-15-28-26(33)19-10-12-20(27)13-11-19/h3-13H,14-16H2,1-2H3,(H,28,33)(H,30,32). The Morgan fingerprint density at radius 2 is 1.73 bits per heavy atom. The lowest BCUT2D eigenvalue weighted by atomic mass is 10.1. The van der Waals surface area contributed by atoms with E-state index in [0.29, 0.717) is 23.6 Å². The fourth-order valence-corrected chi connectivity index (χ4v) is 3.83. The summed E-state index contributed by atoms with van der Waals surface area (Å²) in [6, 6.07) is 20.3. The number of para-hydroxylation sites is 2. The van der Waals surface area contributed by atoms with Crippen LogP contribution in [0.4, 0.5) is 5.69 Å². The molecule has 0 saturated carbocycles. The second-order valence-electron chi connectivity index (χ2n) is 7.91. The van der Waals surface area contributed by atoms with E-state index in [0.717, 1.165) is 33.7 Å². The number of aryl methyl sites for hydroxylation is 1. The molecule has 0 radical (unpaired) electrons. The van der Waals surface area contributed by atoms with Crippen molar-refractivity contribution in [2.24, 2.45) is 0 Å². The second kappa shape index (κ2) is 9.88. The number of benzene rings is 3. The van der Waals surface area contributed by atoms with Crippen LogP contribution in [0, 0.1) is 13.8 Å². The third kappa shape index (κ3) is 5.23. The zero-order valence-corrected chi connectivity index (χ0v) is 19.3. The van der Waals surface area contributed by atoms with Gasteiger partial charge in [0, 0.05) is 29.2 Å². The lowest BCUT2D eigenvalue weighted by Crippen LogP contribution is -2.27. The Balaban J connectivity index is 1.48. The van der Waals surface area contributed by atoms with Crippen LogP contribution in [0.2, 0.25) is 5.02 Å². The van der Waals surface area contributed by atoms with Gasteiger partial charge in [0.05, 0.1) is 11.0 Å². The van der Waals surface area contributed by atoms with Crippen molar-refractivity contribution >= 4 is 40.1 Å². The first-order valence-corrected chi connectivity index (χ1v) is 11.1. The van der Waals surface area contributed by atoms with Gasteiger partial charge in [0.25, 0.3) is 5.91 Å². The summed E-state index contributed by atoms with van der Waals surface area (Å²) in [5.74, 6) is 0.434. The number of nitrogens with one attached hydrogen (secondary N) is 2. The zero-order valence-electron chi connectivity index (χ0n) is 18.6. The molecule has 0 atom stereocenters. The maximum atomic E-state index is 12.9. The average Bonchev–Trinajstić information content (AvgIpc) is 3.14. The Morgan fingerprint density at radius 1 is 0.970 bits per heavy atom. The third-order valence-corrected chi connectivity index (χ3v) is 5.91. The normalized spacial score (nSPS) is 10.9. The second-order valence-corrected chi connectivity index (χ2v) is 8.35. The summed E-state index contributed by atoms with van der Waals surface area (Å²) in [5, 5.41) is 6.51. The molecule has 1 aromatic heterocycles. The van der Waals surface area contributed by atoms with Crippen LogP contribution < -0.4 is 10.6 Å². The van der Waals surface area contributed by atoms with E-state index >= 15 is 0 Å². The molecule has 168 valence electrons. The number of fused-ring (bicyclic) bond motifs is 1. The van der Waals surface area contributed by atoms with Gasteiger partial charge in [-0.25, -0.2) is 4.98 Å². The number of halogens is 1. The van der Waals surface area contributed by atoms with Crippen molar-refractivity contribution in [1.29, 1.82) is 0 Å². The molecule has 6 nitrogen and oxygen atoms in total. The van der Waals surface area contributed by atoms with Crippen molar-refractivity contribution in [1.82, 2.24) is 14.9 Å². The lowest BCUT2D eigenvalue weighted by molar-refractivity contribution is -0.116. The lowest BCUT2D eigenvalue weighted by Gasteiger charge is -2.13. The number of aromatic nitrogens is 2. The van der Waals surface area contributed by atoms with Gasteiger partial charge in [-0.1, -0.05) is 35.9 Å². The molecule has 4 aromatic rings. The molecular weight excluding hydrogens is 436 g/mol. The highest BCUT2D eigenvalue weighted by atomic mass is 35.5. The van der Waals surface area contributed by atoms with Crippen LogP contribution in [0.3, 0.4) is 0 Å². The van der Waals surface area contributed by atoms with E-state index in [1.165, 1.54) is 0 Å². The summed E-state index contributed by atoms with van der Waals surface area (Å²) in [6.45, 7) is 4.54. The van der Waals surface area contributed by atoms with E-state index in [1.807, 2.05) is 60.9 Å². The Kier molecular flexibility index (Phi) is 6.75. The van der Waals surface area contributed by atoms with Crippen LogP contribution in [0.25, 0.3) is 11.0 Å². The minimum Gasteiger partial charge on any atom is -0.352 e. The molecule has 4 rings (SSSR count). The monoisotopic (exact) mass is 460 g/mol. The molecule has 0 fully saturated rings. The van der Waals surface area contributed by atoms with Gasteiger partial charge >= 0.3 is 0 Å². The van der Waals surface area contributed by atoms with Crippen molar-refractivity contribution < 1.29 is 9.59 Å². The Bertz CT molecular complexity index is 1310. The maximum absolute atomic E-state index is 12.9. The van der Waals surface area contributed by atoms with Gasteiger partial charge in [-0.05, 0) is 67.4 Å². The van der Waals surface area contributed by atoms with Gasteiger partial charge in [-0.15, -0.1) is 0 Å². The fourth-order valence-electron chi connectivity index (χ4n) is 3.70. The van der Waals surface area contributed by atoms with Crippen LogP contribution in [-0.2, 0) is 17.8 Å². The largest absolute Gasteiger partial charge is 0.352 e. The van der Waals surface area contributed by atoms with E-state index in [9.17, 15) is 9.59 Å². The third-order valence-electron chi connectivity index (χ3n) is 5.65. The van der Waals surface area contributed by atoms with E-state index in [-0.39, 0.29) is 18.4 Å². The van der Waals surface area contributed by atoms with Crippen LogP contribution >= 0.6 is 11.6 Å². The summed E-state index contributed by atoms with van der Waals surface area (Å²) >= 11 is 5.89. The van der Waals surface area contributed by atoms with Crippen molar-refractivity contribution in [3.8, 4) is 0 Å². The summed E-state index contributed by atoms with van der Waals surface area (Å²) < 4.78 is 1.91. The number of amides is 2. The van der Waals surface area contributed by atoms with Gasteiger partial charge in [-0.2, -0.15) is 0 Å². The molecule has 0 unspecified atom stereocenters. The number of carbonyl (C=O) groups excluding carboxylic acids is 2. The summed E-state index contributed by atoms with van der Waals surface area (Å²) in [6.07, 6.45) is 0.491. The van der Waals surface area contributed by atoms with E-state index in [4.69, 9.17) is 16.6 Å². The molecule has 2 N–H and O–H groups in total. The molecule has 0 aliphatic heterocycles. The summed E-state index contributed by atoms with van der Waals surface area (Å²) in [7, 11) is 0. The van der Waals surface area contributed by atoms with Gasteiger partial charge in [-0.3, -0.25) is 9.59 Å². The van der Waals surface area contributed by atoms with E-state index < -0.39 is 0 Å². The van der Waals surface area contributed by atoms with Gasteiger partial charge in [0.1, 0.15) is 12.4 Å². The van der Waals surface area contributed by atoms with Gasteiger partial charge in [0.15, 0.2) is 0 Å². The summed E-state index contributed by atoms with van der Waals surface area (Å²) in [5.41, 5.74) is 5.22. The highest BCUT2D eigenvalue weighted by Crippen LogP contribution is 2.20. The van der Waals surface area contributed by atoms with Gasteiger partial charge in [0.2, 0.25) is 5.91 Å². The van der Waals surface area contributed by atoms with Crippen molar-refractivity contribution in [3.63, 3.8) is 0 Å². The van der Waals surface area contributed by atoms with Crippen molar-refractivity contribution in [2.45, 2.75) is 26.8 Å². The first-order chi connectivity index (χ1) is 15.9. The smallest absolute Gasteiger partial charge is 0.251 e. The SMILES string of the molecule is Cc1cccc(NC(=O)Cn2c(CCNC(=O)c3ccc(Cl)cc3)nc3ccccc32)c1C. The zero-order chi connectivity index (χ0) is 23.4. The van der Waals surface area contributed by atoms with E-state index in [2.05, 4.69) is 10.6 Å². The molecule has 7 heteroatoms. The van der Waals surface area contributed by atoms with Gasteiger partial charge < -0.3 is 15.2 Å². The summed E-state index contributed by atoms with van der Waals surface area (Å²) in [4.78, 5) is 30.0. The quantitative estimate of drug-likeness (QED) is 0.411. The number of hydrogen-bond donors (Lipinski definition) is 2. The number of nitrogens with zero attached hydrogens (tertiary/aromatic N) is 2.